The number of hydrogen-bond acceptors (Lipinski definition) is 5. The van der Waals surface area contributed by atoms with Crippen LogP contribution in [0.15, 0.2) is 41.2 Å². The Morgan fingerprint density at radius 1 is 1.10 bits per heavy atom. The van der Waals surface area contributed by atoms with E-state index in [0.29, 0.717) is 11.8 Å². The molecule has 0 N–H and O–H groups in total. The summed E-state index contributed by atoms with van der Waals surface area (Å²) >= 11 is 0. The third-order valence-electron chi connectivity index (χ3n) is 6.31. The Labute approximate surface area is 172 Å². The first kappa shape index (κ1) is 20.0. The number of aromatic nitrogens is 1. The molecule has 1 aromatic heterocycles. The van der Waals surface area contributed by atoms with E-state index in [4.69, 9.17) is 9.47 Å². The fourth-order valence-corrected chi connectivity index (χ4v) is 5.10. The number of likely N-dealkylation sites (tertiary alicyclic amines) is 1. The van der Waals surface area contributed by atoms with E-state index in [2.05, 4.69) is 40.6 Å². The third kappa shape index (κ3) is 3.91. The van der Waals surface area contributed by atoms with Gasteiger partial charge in [0.05, 0.1) is 20.3 Å². The molecular weight excluding hydrogens is 366 g/mol. The van der Waals surface area contributed by atoms with E-state index in [1.807, 2.05) is 18.2 Å². The fourth-order valence-electron chi connectivity index (χ4n) is 5.10. The Kier molecular flexibility index (Phi) is 5.65. The van der Waals surface area contributed by atoms with E-state index < -0.39 is 0 Å². The first-order chi connectivity index (χ1) is 14.0. The molecule has 2 aliphatic heterocycles. The predicted molar refractivity (Wildman–Crippen MR) is 114 cm³/mol. The average Bonchev–Trinajstić information content (AvgIpc) is 2.71. The van der Waals surface area contributed by atoms with Gasteiger partial charge in [-0.2, -0.15) is 0 Å². The van der Waals surface area contributed by atoms with Gasteiger partial charge in [0.1, 0.15) is 11.5 Å². The molecule has 4 rings (SSSR count). The molecule has 0 aliphatic carbocycles. The molecule has 2 bridgehead atoms. The molecule has 0 unspecified atom stereocenters. The Bertz CT molecular complexity index is 924. The van der Waals surface area contributed by atoms with Gasteiger partial charge >= 0.3 is 0 Å². The van der Waals surface area contributed by atoms with Crippen LogP contribution < -0.4 is 15.0 Å². The molecule has 3 atom stereocenters. The first-order valence-electron chi connectivity index (χ1n) is 10.3. The minimum absolute atomic E-state index is 0.134. The molecule has 2 aliphatic rings. The maximum atomic E-state index is 12.7. The number of piperidine rings is 1. The highest BCUT2D eigenvalue weighted by Crippen LogP contribution is 2.42. The molecule has 29 heavy (non-hydrogen) atoms. The number of rotatable bonds is 6. The van der Waals surface area contributed by atoms with Crippen molar-refractivity contribution in [2.75, 3.05) is 47.9 Å². The number of likely N-dealkylation sites (N-methyl/N-ethyl adjacent to an activating group) is 1. The van der Waals surface area contributed by atoms with Crippen LogP contribution >= 0.6 is 0 Å². The van der Waals surface area contributed by atoms with Crippen molar-refractivity contribution in [2.24, 2.45) is 5.92 Å². The molecule has 1 fully saturated rings. The molecule has 156 valence electrons. The van der Waals surface area contributed by atoms with Gasteiger partial charge in [-0.1, -0.05) is 12.1 Å². The van der Waals surface area contributed by atoms with Crippen LogP contribution in [-0.2, 0) is 6.54 Å². The van der Waals surface area contributed by atoms with E-state index in [1.165, 1.54) is 11.3 Å². The van der Waals surface area contributed by atoms with Crippen LogP contribution in [-0.4, -0.2) is 62.3 Å². The van der Waals surface area contributed by atoms with Crippen LogP contribution in [0.1, 0.15) is 29.6 Å². The number of nitrogens with zero attached hydrogens (tertiary/aromatic N) is 3. The van der Waals surface area contributed by atoms with Gasteiger partial charge in [-0.25, -0.2) is 0 Å². The van der Waals surface area contributed by atoms with E-state index in [1.54, 1.807) is 20.3 Å². The maximum absolute atomic E-state index is 12.7. The molecule has 0 amide bonds. The minimum atomic E-state index is 0.134. The Morgan fingerprint density at radius 3 is 2.66 bits per heavy atom. The highest BCUT2D eigenvalue weighted by Gasteiger charge is 2.40. The second-order valence-corrected chi connectivity index (χ2v) is 8.55. The zero-order chi connectivity index (χ0) is 20.5. The van der Waals surface area contributed by atoms with Gasteiger partial charge in [0, 0.05) is 55.5 Å². The fraction of sp³-hybridized carbons (Fsp3) is 0.522. The van der Waals surface area contributed by atoms with Crippen LogP contribution in [0.3, 0.4) is 0 Å². The zero-order valence-electron chi connectivity index (χ0n) is 17.8. The van der Waals surface area contributed by atoms with Crippen molar-refractivity contribution in [2.45, 2.75) is 24.9 Å². The summed E-state index contributed by atoms with van der Waals surface area (Å²) in [5, 5.41) is 0. The molecule has 2 aromatic rings. The van der Waals surface area contributed by atoms with Crippen molar-refractivity contribution in [3.8, 4) is 11.5 Å². The van der Waals surface area contributed by atoms with Gasteiger partial charge in [0.2, 0.25) is 0 Å². The van der Waals surface area contributed by atoms with Gasteiger partial charge < -0.3 is 18.9 Å². The molecule has 1 saturated heterocycles. The van der Waals surface area contributed by atoms with Crippen LogP contribution in [0.4, 0.5) is 0 Å². The molecule has 3 heterocycles. The van der Waals surface area contributed by atoms with Crippen LogP contribution in [0.2, 0.25) is 0 Å². The summed E-state index contributed by atoms with van der Waals surface area (Å²) in [5.41, 5.74) is 2.49. The average molecular weight is 398 g/mol. The first-order valence-corrected chi connectivity index (χ1v) is 10.3. The molecule has 0 spiro atoms. The predicted octanol–water partition coefficient (Wildman–Crippen LogP) is 2.59. The Morgan fingerprint density at radius 2 is 1.93 bits per heavy atom. The normalized spacial score (nSPS) is 23.7. The highest BCUT2D eigenvalue weighted by molar-refractivity contribution is 5.40. The van der Waals surface area contributed by atoms with E-state index in [-0.39, 0.29) is 11.6 Å². The van der Waals surface area contributed by atoms with Crippen LogP contribution in [0.5, 0.6) is 11.5 Å². The summed E-state index contributed by atoms with van der Waals surface area (Å²) in [7, 11) is 7.55. The number of methoxy groups -OCH3 is 2. The lowest BCUT2D eigenvalue weighted by Gasteiger charge is -2.47. The molecule has 0 saturated carbocycles. The van der Waals surface area contributed by atoms with Crippen molar-refractivity contribution in [1.82, 2.24) is 14.4 Å². The van der Waals surface area contributed by atoms with E-state index in [0.717, 1.165) is 44.1 Å². The van der Waals surface area contributed by atoms with Crippen molar-refractivity contribution >= 4 is 0 Å². The smallest absolute Gasteiger partial charge is 0.251 e. The molecule has 6 heteroatoms. The van der Waals surface area contributed by atoms with Crippen LogP contribution in [0.25, 0.3) is 0 Å². The lowest BCUT2D eigenvalue weighted by atomic mass is 9.78. The number of benzene rings is 1. The lowest BCUT2D eigenvalue weighted by Crippen LogP contribution is -2.51. The monoisotopic (exact) mass is 397 g/mol. The summed E-state index contributed by atoms with van der Waals surface area (Å²) in [6, 6.07) is 12.0. The van der Waals surface area contributed by atoms with Gasteiger partial charge in [0.15, 0.2) is 0 Å². The van der Waals surface area contributed by atoms with Crippen molar-refractivity contribution < 1.29 is 9.47 Å². The number of ether oxygens (including phenoxy) is 2. The second-order valence-electron chi connectivity index (χ2n) is 8.55. The lowest BCUT2D eigenvalue weighted by molar-refractivity contribution is 0.0738. The second kappa shape index (κ2) is 8.20. The van der Waals surface area contributed by atoms with E-state index >= 15 is 0 Å². The number of fused-ring (bicyclic) bond motifs is 4. The summed E-state index contributed by atoms with van der Waals surface area (Å²) in [5.74, 6) is 2.53. The highest BCUT2D eigenvalue weighted by atomic mass is 16.5. The van der Waals surface area contributed by atoms with Crippen LogP contribution in [0, 0.1) is 5.92 Å². The molecule has 1 aromatic carbocycles. The zero-order valence-corrected chi connectivity index (χ0v) is 17.8. The number of hydrogen-bond donors (Lipinski definition) is 0. The quantitative estimate of drug-likeness (QED) is 0.750. The third-order valence-corrected chi connectivity index (χ3v) is 6.31. The van der Waals surface area contributed by atoms with Gasteiger partial charge in [0.25, 0.3) is 5.56 Å². The van der Waals surface area contributed by atoms with Crippen molar-refractivity contribution in [3.63, 3.8) is 0 Å². The van der Waals surface area contributed by atoms with Gasteiger partial charge in [-0.05, 0) is 38.6 Å². The van der Waals surface area contributed by atoms with Crippen molar-refractivity contribution in [3.05, 3.63) is 58.0 Å². The Balaban J connectivity index is 1.63. The topological polar surface area (TPSA) is 46.9 Å². The van der Waals surface area contributed by atoms with Crippen molar-refractivity contribution in [1.29, 1.82) is 0 Å². The largest absolute Gasteiger partial charge is 0.497 e. The SMILES string of the molecule is COc1ccc(CN2C[C@H]3C[C@@H](C2)[C@H](CN(C)C)n2c3cccc2=O)c(OC)c1. The number of pyridine rings is 1. The molecule has 6 nitrogen and oxygen atoms in total. The summed E-state index contributed by atoms with van der Waals surface area (Å²) in [4.78, 5) is 17.4. The summed E-state index contributed by atoms with van der Waals surface area (Å²) in [6.45, 7) is 3.68. The standard InChI is InChI=1S/C23H31N3O3/c1-24(2)15-21-18-10-17(20-6-5-7-23(27)26(20)21)13-25(14-18)12-16-8-9-19(28-3)11-22(16)29-4/h5-9,11,17-18,21H,10,12-15H2,1-4H3/t17-,18+,21+/m1/s1. The summed E-state index contributed by atoms with van der Waals surface area (Å²) < 4.78 is 13.0. The molecule has 0 radical (unpaired) electrons. The van der Waals surface area contributed by atoms with Gasteiger partial charge in [-0.15, -0.1) is 0 Å². The van der Waals surface area contributed by atoms with E-state index in [9.17, 15) is 4.79 Å². The molecular formula is C23H31N3O3. The maximum Gasteiger partial charge on any atom is 0.251 e. The minimum Gasteiger partial charge on any atom is -0.497 e. The summed E-state index contributed by atoms with van der Waals surface area (Å²) in [6.07, 6.45) is 1.15. The Hall–Kier alpha value is -2.31. The van der Waals surface area contributed by atoms with Gasteiger partial charge in [-0.3, -0.25) is 9.69 Å².